The number of nitrogens with zero attached hydrogens (tertiary/aromatic N) is 1. The number of carbonyl (C=O) groups is 1. The Balaban J connectivity index is 2.76. The fourth-order valence-corrected chi connectivity index (χ4v) is 2.36. The number of hydrogen-bond acceptors (Lipinski definition) is 4. The third-order valence-electron chi connectivity index (χ3n) is 1.74. The molecule has 0 aliphatic rings. The predicted molar refractivity (Wildman–Crippen MR) is 58.4 cm³/mol. The molecule has 0 saturated heterocycles. The van der Waals surface area contributed by atoms with Crippen LogP contribution >= 0.6 is 22.9 Å². The summed E-state index contributed by atoms with van der Waals surface area (Å²) >= 11 is 6.90. The van der Waals surface area contributed by atoms with Crippen molar-refractivity contribution < 1.29 is 9.63 Å². The van der Waals surface area contributed by atoms with Gasteiger partial charge in [-0.15, -0.1) is 4.73 Å². The predicted octanol–water partition coefficient (Wildman–Crippen LogP) is 1.69. The maximum Gasteiger partial charge on any atom is 0.341 e. The molecule has 0 aliphatic carbocycles. The summed E-state index contributed by atoms with van der Waals surface area (Å²) in [7, 11) is 0. The average Bonchev–Trinajstić information content (AvgIpc) is 2.43. The molecule has 2 aromatic rings. The van der Waals surface area contributed by atoms with Crippen molar-refractivity contribution >= 4 is 39.1 Å². The van der Waals surface area contributed by atoms with Crippen LogP contribution in [0.3, 0.4) is 0 Å². The number of thiazole rings is 1. The van der Waals surface area contributed by atoms with E-state index in [1.807, 2.05) is 0 Å². The standard InChI is InChI=1S/C9H6ClNO3S/c1-5(12)14-11-8-6(10)3-2-4-7(8)15-9(11)13/h2-4H,1H3. The molecule has 0 radical (unpaired) electrons. The number of para-hydroxylation sites is 1. The number of aromatic nitrogens is 1. The summed E-state index contributed by atoms with van der Waals surface area (Å²) < 4.78 is 1.61. The lowest BCUT2D eigenvalue weighted by Crippen LogP contribution is -2.25. The molecule has 0 atom stereocenters. The van der Waals surface area contributed by atoms with Gasteiger partial charge in [-0.25, -0.2) is 4.79 Å². The first kappa shape index (κ1) is 10.2. The second kappa shape index (κ2) is 3.67. The van der Waals surface area contributed by atoms with Crippen LogP contribution in [-0.4, -0.2) is 10.7 Å². The average molecular weight is 244 g/mol. The van der Waals surface area contributed by atoms with E-state index in [0.29, 0.717) is 15.2 Å². The van der Waals surface area contributed by atoms with E-state index < -0.39 is 5.97 Å². The molecule has 0 unspecified atom stereocenters. The quantitative estimate of drug-likeness (QED) is 0.766. The number of fused-ring (bicyclic) bond motifs is 1. The van der Waals surface area contributed by atoms with Gasteiger partial charge in [0.25, 0.3) is 0 Å². The zero-order valence-electron chi connectivity index (χ0n) is 7.69. The Morgan fingerprint density at radius 3 is 2.93 bits per heavy atom. The highest BCUT2D eigenvalue weighted by Crippen LogP contribution is 2.24. The molecule has 6 heteroatoms. The van der Waals surface area contributed by atoms with Crippen LogP contribution < -0.4 is 9.71 Å². The van der Waals surface area contributed by atoms with Gasteiger partial charge in [0.05, 0.1) is 9.72 Å². The molecule has 4 nitrogen and oxygen atoms in total. The molecule has 1 heterocycles. The molecule has 0 N–H and O–H groups in total. The Bertz CT molecular complexity index is 587. The first-order valence-electron chi connectivity index (χ1n) is 4.08. The van der Waals surface area contributed by atoms with Crippen LogP contribution in [-0.2, 0) is 4.79 Å². The molecule has 0 aliphatic heterocycles. The molecule has 0 fully saturated rings. The minimum Gasteiger partial charge on any atom is -0.332 e. The number of halogens is 1. The lowest BCUT2D eigenvalue weighted by molar-refractivity contribution is -0.141. The van der Waals surface area contributed by atoms with Gasteiger partial charge >= 0.3 is 10.8 Å². The van der Waals surface area contributed by atoms with Gasteiger partial charge in [0.2, 0.25) is 0 Å². The fourth-order valence-electron chi connectivity index (χ4n) is 1.21. The minimum absolute atomic E-state index is 0.367. The van der Waals surface area contributed by atoms with E-state index in [1.54, 1.807) is 18.2 Å². The third-order valence-corrected chi connectivity index (χ3v) is 2.93. The van der Waals surface area contributed by atoms with E-state index in [9.17, 15) is 9.59 Å². The van der Waals surface area contributed by atoms with Crippen LogP contribution in [0.25, 0.3) is 10.2 Å². The van der Waals surface area contributed by atoms with Crippen molar-refractivity contribution in [3.63, 3.8) is 0 Å². The van der Waals surface area contributed by atoms with E-state index in [4.69, 9.17) is 16.4 Å². The van der Waals surface area contributed by atoms with Crippen molar-refractivity contribution in [1.82, 2.24) is 4.73 Å². The molecule has 0 saturated carbocycles. The lowest BCUT2D eigenvalue weighted by Gasteiger charge is -2.01. The molecule has 15 heavy (non-hydrogen) atoms. The molecular weight excluding hydrogens is 238 g/mol. The third kappa shape index (κ3) is 1.75. The highest BCUT2D eigenvalue weighted by Gasteiger charge is 2.12. The van der Waals surface area contributed by atoms with Gasteiger partial charge in [-0.05, 0) is 12.1 Å². The number of hydrogen-bond donors (Lipinski definition) is 0. The minimum atomic E-state index is -0.559. The van der Waals surface area contributed by atoms with Crippen LogP contribution in [0.2, 0.25) is 5.02 Å². The zero-order chi connectivity index (χ0) is 11.0. The lowest BCUT2D eigenvalue weighted by atomic mass is 10.3. The molecular formula is C9H6ClNO3S. The molecule has 0 amide bonds. The Morgan fingerprint density at radius 2 is 2.27 bits per heavy atom. The van der Waals surface area contributed by atoms with Crippen molar-refractivity contribution in [2.45, 2.75) is 6.92 Å². The van der Waals surface area contributed by atoms with E-state index in [-0.39, 0.29) is 4.87 Å². The van der Waals surface area contributed by atoms with Crippen LogP contribution in [0.15, 0.2) is 23.0 Å². The van der Waals surface area contributed by atoms with Crippen molar-refractivity contribution in [3.05, 3.63) is 32.9 Å². The SMILES string of the molecule is CC(=O)On1c(=O)sc2cccc(Cl)c21. The van der Waals surface area contributed by atoms with Crippen LogP contribution in [0, 0.1) is 0 Å². The van der Waals surface area contributed by atoms with Crippen LogP contribution in [0.1, 0.15) is 6.92 Å². The van der Waals surface area contributed by atoms with Gasteiger partial charge in [0, 0.05) is 6.92 Å². The van der Waals surface area contributed by atoms with E-state index >= 15 is 0 Å². The fraction of sp³-hybridized carbons (Fsp3) is 0.111. The van der Waals surface area contributed by atoms with Crippen molar-refractivity contribution in [2.24, 2.45) is 0 Å². The topological polar surface area (TPSA) is 48.3 Å². The zero-order valence-corrected chi connectivity index (χ0v) is 9.26. The van der Waals surface area contributed by atoms with Gasteiger partial charge < -0.3 is 4.84 Å². The Labute approximate surface area is 93.6 Å². The van der Waals surface area contributed by atoms with Gasteiger partial charge in [-0.3, -0.25) is 4.79 Å². The highest BCUT2D eigenvalue weighted by atomic mass is 35.5. The summed E-state index contributed by atoms with van der Waals surface area (Å²) in [5, 5.41) is 0.382. The molecule has 1 aromatic heterocycles. The van der Waals surface area contributed by atoms with Crippen molar-refractivity contribution in [3.8, 4) is 0 Å². The number of benzene rings is 1. The van der Waals surface area contributed by atoms with Crippen molar-refractivity contribution in [2.75, 3.05) is 0 Å². The molecule has 0 spiro atoms. The number of carbonyl (C=O) groups excluding carboxylic acids is 1. The van der Waals surface area contributed by atoms with Gasteiger partial charge in [0.15, 0.2) is 0 Å². The van der Waals surface area contributed by atoms with E-state index in [0.717, 1.165) is 16.1 Å². The van der Waals surface area contributed by atoms with E-state index in [2.05, 4.69) is 0 Å². The Morgan fingerprint density at radius 1 is 1.53 bits per heavy atom. The second-order valence-corrected chi connectivity index (χ2v) is 4.23. The van der Waals surface area contributed by atoms with Crippen LogP contribution in [0.5, 0.6) is 0 Å². The first-order valence-corrected chi connectivity index (χ1v) is 5.28. The smallest absolute Gasteiger partial charge is 0.332 e. The highest BCUT2D eigenvalue weighted by molar-refractivity contribution is 7.16. The summed E-state index contributed by atoms with van der Waals surface area (Å²) in [5.74, 6) is -0.559. The summed E-state index contributed by atoms with van der Waals surface area (Å²) in [4.78, 5) is 26.7. The normalized spacial score (nSPS) is 10.5. The Kier molecular flexibility index (Phi) is 2.50. The molecule has 2 rings (SSSR count). The Hall–Kier alpha value is -1.33. The maximum absolute atomic E-state index is 11.5. The van der Waals surface area contributed by atoms with Crippen molar-refractivity contribution in [1.29, 1.82) is 0 Å². The number of rotatable bonds is 1. The monoisotopic (exact) mass is 243 g/mol. The summed E-state index contributed by atoms with van der Waals surface area (Å²) in [5.41, 5.74) is 0.435. The summed E-state index contributed by atoms with van der Waals surface area (Å²) in [6.07, 6.45) is 0. The van der Waals surface area contributed by atoms with Gasteiger partial charge in [0.1, 0.15) is 5.52 Å². The molecule has 78 valence electrons. The first-order chi connectivity index (χ1) is 7.09. The summed E-state index contributed by atoms with van der Waals surface area (Å²) in [6, 6.07) is 5.11. The molecule has 0 bridgehead atoms. The largest absolute Gasteiger partial charge is 0.341 e. The van der Waals surface area contributed by atoms with Gasteiger partial charge in [-0.2, -0.15) is 0 Å². The van der Waals surface area contributed by atoms with E-state index in [1.165, 1.54) is 6.92 Å². The van der Waals surface area contributed by atoms with Crippen LogP contribution in [0.4, 0.5) is 0 Å². The summed E-state index contributed by atoms with van der Waals surface area (Å²) in [6.45, 7) is 1.23. The van der Waals surface area contributed by atoms with Gasteiger partial charge in [-0.1, -0.05) is 29.0 Å². The molecule has 1 aromatic carbocycles. The second-order valence-electron chi connectivity index (χ2n) is 2.83. The maximum atomic E-state index is 11.5.